The number of rotatable bonds is 3. The monoisotopic (exact) mass is 261 g/mol. The van der Waals surface area contributed by atoms with E-state index in [-0.39, 0.29) is 0 Å². The van der Waals surface area contributed by atoms with Crippen molar-refractivity contribution in [1.82, 2.24) is 4.98 Å². The van der Waals surface area contributed by atoms with Crippen LogP contribution in [0.1, 0.15) is 5.56 Å². The number of hydrogen-bond acceptors (Lipinski definition) is 2. The Labute approximate surface area is 90.7 Å². The molecule has 0 unspecified atom stereocenters. The van der Waals surface area contributed by atoms with Crippen LogP contribution in [0, 0.1) is 0 Å². The number of hydrogen-bond donors (Lipinski definition) is 0. The van der Waals surface area contributed by atoms with E-state index < -0.39 is 0 Å². The molecule has 0 N–H and O–H groups in total. The van der Waals surface area contributed by atoms with Crippen molar-refractivity contribution in [3.05, 3.63) is 33.5 Å². The highest BCUT2D eigenvalue weighted by molar-refractivity contribution is 9.10. The van der Waals surface area contributed by atoms with Crippen LogP contribution in [-0.2, 0) is 4.74 Å². The Bertz CT molecular complexity index is 294. The average Bonchev–Trinajstić information content (AvgIpc) is 2.03. The first-order valence-electron chi connectivity index (χ1n) is 3.71. The zero-order valence-corrected chi connectivity index (χ0v) is 9.47. The molecule has 1 aromatic rings. The normalized spacial score (nSPS) is 11.0. The largest absolute Gasteiger partial charge is 0.381 e. The number of nitrogens with zero attached hydrogens (tertiary/aromatic N) is 1. The van der Waals surface area contributed by atoms with Gasteiger partial charge >= 0.3 is 0 Å². The van der Waals surface area contributed by atoms with E-state index in [2.05, 4.69) is 20.9 Å². The Morgan fingerprint density at radius 1 is 1.62 bits per heavy atom. The van der Waals surface area contributed by atoms with Gasteiger partial charge in [0.2, 0.25) is 0 Å². The molecule has 1 rings (SSSR count). The van der Waals surface area contributed by atoms with Gasteiger partial charge in [-0.1, -0.05) is 23.8 Å². The Morgan fingerprint density at radius 2 is 2.38 bits per heavy atom. The summed E-state index contributed by atoms with van der Waals surface area (Å²) in [4.78, 5) is 3.98. The van der Waals surface area contributed by atoms with Crippen molar-refractivity contribution in [3.63, 3.8) is 0 Å². The van der Waals surface area contributed by atoms with Crippen molar-refractivity contribution >= 4 is 33.6 Å². The molecule has 0 radical (unpaired) electrons. The first-order chi connectivity index (χ1) is 6.22. The molecule has 1 aromatic heterocycles. The Hall–Kier alpha value is -0.380. The quantitative estimate of drug-likeness (QED) is 0.781. The van der Waals surface area contributed by atoms with Crippen LogP contribution in [0.15, 0.2) is 22.8 Å². The third-order valence-corrected chi connectivity index (χ3v) is 1.96. The smallest absolute Gasteiger partial charge is 0.130 e. The van der Waals surface area contributed by atoms with Gasteiger partial charge in [0.1, 0.15) is 9.76 Å². The maximum absolute atomic E-state index is 5.76. The molecule has 13 heavy (non-hydrogen) atoms. The van der Waals surface area contributed by atoms with Gasteiger partial charge < -0.3 is 4.74 Å². The lowest BCUT2D eigenvalue weighted by atomic mass is 10.2. The van der Waals surface area contributed by atoms with Gasteiger partial charge in [-0.2, -0.15) is 0 Å². The summed E-state index contributed by atoms with van der Waals surface area (Å²) in [6.07, 6.45) is 3.85. The zero-order valence-electron chi connectivity index (χ0n) is 7.13. The lowest BCUT2D eigenvalue weighted by Gasteiger charge is -1.96. The van der Waals surface area contributed by atoms with E-state index in [1.165, 1.54) is 0 Å². The fourth-order valence-electron chi connectivity index (χ4n) is 0.860. The second kappa shape index (κ2) is 5.37. The average molecular weight is 263 g/mol. The SMILES string of the molecule is COC/C=C\c1cc(Cl)nc(Br)c1. The van der Waals surface area contributed by atoms with Gasteiger partial charge in [0.15, 0.2) is 0 Å². The number of aromatic nitrogens is 1. The zero-order chi connectivity index (χ0) is 9.68. The molecule has 0 aromatic carbocycles. The van der Waals surface area contributed by atoms with Crippen LogP contribution in [0.2, 0.25) is 5.15 Å². The molecule has 2 nitrogen and oxygen atoms in total. The molecular formula is C9H9BrClNO. The fourth-order valence-corrected chi connectivity index (χ4v) is 1.63. The summed E-state index contributed by atoms with van der Waals surface area (Å²) in [6.45, 7) is 0.595. The third-order valence-electron chi connectivity index (χ3n) is 1.36. The predicted octanol–water partition coefficient (Wildman–Crippen LogP) is 3.16. The van der Waals surface area contributed by atoms with Crippen LogP contribution in [0.25, 0.3) is 6.08 Å². The van der Waals surface area contributed by atoms with Gasteiger partial charge in [0, 0.05) is 7.11 Å². The van der Waals surface area contributed by atoms with E-state index >= 15 is 0 Å². The molecule has 70 valence electrons. The highest BCUT2D eigenvalue weighted by atomic mass is 79.9. The number of pyridine rings is 1. The summed E-state index contributed by atoms with van der Waals surface area (Å²) in [5, 5.41) is 0.478. The van der Waals surface area contributed by atoms with E-state index in [0.29, 0.717) is 11.8 Å². The van der Waals surface area contributed by atoms with E-state index in [4.69, 9.17) is 16.3 Å². The van der Waals surface area contributed by atoms with Crippen LogP contribution in [0.5, 0.6) is 0 Å². The van der Waals surface area contributed by atoms with Crippen molar-refractivity contribution in [1.29, 1.82) is 0 Å². The van der Waals surface area contributed by atoms with Gasteiger partial charge in [0.05, 0.1) is 6.61 Å². The van der Waals surface area contributed by atoms with Crippen molar-refractivity contribution in [2.24, 2.45) is 0 Å². The van der Waals surface area contributed by atoms with Crippen molar-refractivity contribution < 1.29 is 4.74 Å². The summed E-state index contributed by atoms with van der Waals surface area (Å²) >= 11 is 9.02. The summed E-state index contributed by atoms with van der Waals surface area (Å²) in [5.41, 5.74) is 1.00. The summed E-state index contributed by atoms with van der Waals surface area (Å²) in [6, 6.07) is 3.68. The van der Waals surface area contributed by atoms with Gasteiger partial charge in [-0.25, -0.2) is 4.98 Å². The minimum absolute atomic E-state index is 0.478. The van der Waals surface area contributed by atoms with Gasteiger partial charge in [-0.05, 0) is 33.6 Å². The minimum atomic E-state index is 0.478. The van der Waals surface area contributed by atoms with Gasteiger partial charge in [-0.15, -0.1) is 0 Å². The van der Waals surface area contributed by atoms with E-state index in [9.17, 15) is 0 Å². The van der Waals surface area contributed by atoms with Crippen molar-refractivity contribution in [2.45, 2.75) is 0 Å². The third kappa shape index (κ3) is 3.89. The van der Waals surface area contributed by atoms with Gasteiger partial charge in [0.25, 0.3) is 0 Å². The summed E-state index contributed by atoms with van der Waals surface area (Å²) in [5.74, 6) is 0. The van der Waals surface area contributed by atoms with Crippen LogP contribution < -0.4 is 0 Å². The molecular weight excluding hydrogens is 253 g/mol. The van der Waals surface area contributed by atoms with Crippen LogP contribution in [-0.4, -0.2) is 18.7 Å². The minimum Gasteiger partial charge on any atom is -0.381 e. The molecule has 0 aliphatic heterocycles. The molecule has 0 atom stereocenters. The second-order valence-corrected chi connectivity index (χ2v) is 3.60. The predicted molar refractivity (Wildman–Crippen MR) is 57.9 cm³/mol. The topological polar surface area (TPSA) is 22.1 Å². The fraction of sp³-hybridized carbons (Fsp3) is 0.222. The van der Waals surface area contributed by atoms with E-state index in [1.54, 1.807) is 13.2 Å². The first-order valence-corrected chi connectivity index (χ1v) is 4.88. The number of halogens is 2. The van der Waals surface area contributed by atoms with E-state index in [1.807, 2.05) is 18.2 Å². The Kier molecular flexibility index (Phi) is 4.42. The molecule has 4 heteroatoms. The molecule has 0 amide bonds. The highest BCUT2D eigenvalue weighted by Gasteiger charge is 1.94. The maximum atomic E-state index is 5.76. The van der Waals surface area contributed by atoms with Crippen molar-refractivity contribution in [3.8, 4) is 0 Å². The molecule has 0 spiro atoms. The molecule has 0 aliphatic carbocycles. The summed E-state index contributed by atoms with van der Waals surface area (Å²) < 4.78 is 5.61. The van der Waals surface area contributed by atoms with Crippen LogP contribution in [0.4, 0.5) is 0 Å². The lowest BCUT2D eigenvalue weighted by Crippen LogP contribution is -1.82. The van der Waals surface area contributed by atoms with Gasteiger partial charge in [-0.3, -0.25) is 0 Å². The van der Waals surface area contributed by atoms with E-state index in [0.717, 1.165) is 10.2 Å². The highest BCUT2D eigenvalue weighted by Crippen LogP contribution is 2.15. The Balaban J connectivity index is 2.77. The molecule has 0 saturated carbocycles. The maximum Gasteiger partial charge on any atom is 0.130 e. The standard InChI is InChI=1S/C9H9BrClNO/c1-13-4-2-3-7-5-8(10)12-9(11)6-7/h2-3,5-6H,4H2,1H3/b3-2-. The number of ether oxygens (including phenoxy) is 1. The molecule has 0 aliphatic rings. The lowest BCUT2D eigenvalue weighted by molar-refractivity contribution is 0.234. The summed E-state index contributed by atoms with van der Waals surface area (Å²) in [7, 11) is 1.65. The molecule has 0 saturated heterocycles. The molecule has 1 heterocycles. The second-order valence-electron chi connectivity index (χ2n) is 2.40. The van der Waals surface area contributed by atoms with Crippen LogP contribution >= 0.6 is 27.5 Å². The van der Waals surface area contributed by atoms with Crippen molar-refractivity contribution in [2.75, 3.05) is 13.7 Å². The first kappa shape index (κ1) is 10.7. The number of methoxy groups -OCH3 is 1. The molecule has 0 fully saturated rings. The molecule has 0 bridgehead atoms. The Morgan fingerprint density at radius 3 is 3.00 bits per heavy atom. The van der Waals surface area contributed by atoms with Crippen LogP contribution in [0.3, 0.4) is 0 Å².